The fourth-order valence-electron chi connectivity index (χ4n) is 2.90. The second-order valence-electron chi connectivity index (χ2n) is 6.78. The van der Waals surface area contributed by atoms with E-state index in [1.807, 2.05) is 6.08 Å². The minimum Gasteiger partial charge on any atom is -0.295 e. The number of hydrogen-bond donors (Lipinski definition) is 0. The molecule has 0 radical (unpaired) electrons. The van der Waals surface area contributed by atoms with Crippen LogP contribution in [0, 0.1) is 0 Å². The average molecular weight is 315 g/mol. The summed E-state index contributed by atoms with van der Waals surface area (Å²) < 4.78 is 0. The van der Waals surface area contributed by atoms with Gasteiger partial charge in [-0.15, -0.1) is 0 Å². The smallest absolute Gasteiger partial charge is 0.152 e. The lowest BCUT2D eigenvalue weighted by molar-refractivity contribution is -0.112. The van der Waals surface area contributed by atoms with Crippen LogP contribution in [0.25, 0.3) is 6.08 Å². The van der Waals surface area contributed by atoms with E-state index in [9.17, 15) is 4.79 Å². The molecule has 0 amide bonds. The van der Waals surface area contributed by atoms with Gasteiger partial charge in [0.2, 0.25) is 0 Å². The van der Waals surface area contributed by atoms with Gasteiger partial charge in [-0.3, -0.25) is 4.79 Å². The summed E-state index contributed by atoms with van der Waals surface area (Å²) in [6.07, 6.45) is 15.9. The van der Waals surface area contributed by atoms with Crippen LogP contribution in [0.15, 0.2) is 30.3 Å². The Hall–Kier alpha value is -1.37. The SMILES string of the molecule is CCCCCCCCCCC(C)c1ccc(/C=C/C(C)=O)cc1. The Morgan fingerprint density at radius 3 is 2.09 bits per heavy atom. The molecule has 0 spiro atoms. The summed E-state index contributed by atoms with van der Waals surface area (Å²) in [5.74, 6) is 0.720. The van der Waals surface area contributed by atoms with Crippen LogP contribution < -0.4 is 0 Å². The first-order chi connectivity index (χ1) is 11.1. The number of carbonyl (C=O) groups excluding carboxylic acids is 1. The molecule has 1 aromatic rings. The van der Waals surface area contributed by atoms with E-state index in [2.05, 4.69) is 38.1 Å². The number of allylic oxidation sites excluding steroid dienone is 1. The van der Waals surface area contributed by atoms with E-state index in [0.29, 0.717) is 5.92 Å². The van der Waals surface area contributed by atoms with Crippen molar-refractivity contribution in [3.8, 4) is 0 Å². The summed E-state index contributed by atoms with van der Waals surface area (Å²) in [5, 5.41) is 0. The van der Waals surface area contributed by atoms with Crippen LogP contribution >= 0.6 is 0 Å². The molecule has 0 aliphatic heterocycles. The number of ketones is 1. The summed E-state index contributed by atoms with van der Waals surface area (Å²) in [7, 11) is 0. The summed E-state index contributed by atoms with van der Waals surface area (Å²) in [4.78, 5) is 11.0. The van der Waals surface area contributed by atoms with Crippen LogP contribution in [0.1, 0.15) is 95.6 Å². The van der Waals surface area contributed by atoms with Gasteiger partial charge in [0.05, 0.1) is 0 Å². The molecule has 0 aliphatic carbocycles. The quantitative estimate of drug-likeness (QED) is 0.302. The predicted octanol–water partition coefficient (Wildman–Crippen LogP) is 6.92. The third kappa shape index (κ3) is 9.38. The van der Waals surface area contributed by atoms with E-state index in [4.69, 9.17) is 0 Å². The van der Waals surface area contributed by atoms with Crippen molar-refractivity contribution in [1.29, 1.82) is 0 Å². The fraction of sp³-hybridized carbons (Fsp3) is 0.591. The molecule has 1 rings (SSSR count). The van der Waals surface area contributed by atoms with Crippen LogP contribution in [0.2, 0.25) is 0 Å². The first kappa shape index (κ1) is 19.7. The molecule has 0 heterocycles. The van der Waals surface area contributed by atoms with Crippen molar-refractivity contribution in [3.63, 3.8) is 0 Å². The van der Waals surface area contributed by atoms with Crippen LogP contribution in [0.5, 0.6) is 0 Å². The summed E-state index contributed by atoms with van der Waals surface area (Å²) in [5.41, 5.74) is 2.51. The molecule has 1 atom stereocenters. The highest BCUT2D eigenvalue weighted by atomic mass is 16.1. The summed E-state index contributed by atoms with van der Waals surface area (Å²) in [6.45, 7) is 6.17. The maximum absolute atomic E-state index is 11.0. The van der Waals surface area contributed by atoms with Crippen LogP contribution in [-0.4, -0.2) is 5.78 Å². The predicted molar refractivity (Wildman–Crippen MR) is 102 cm³/mol. The third-order valence-electron chi connectivity index (χ3n) is 4.51. The number of hydrogen-bond acceptors (Lipinski definition) is 1. The van der Waals surface area contributed by atoms with E-state index in [-0.39, 0.29) is 5.78 Å². The van der Waals surface area contributed by atoms with Gasteiger partial charge in [-0.2, -0.15) is 0 Å². The molecule has 1 nitrogen and oxygen atoms in total. The molecule has 0 saturated heterocycles. The third-order valence-corrected chi connectivity index (χ3v) is 4.51. The average Bonchev–Trinajstić information content (AvgIpc) is 2.55. The lowest BCUT2D eigenvalue weighted by Crippen LogP contribution is -1.94. The molecule has 1 aromatic carbocycles. The minimum atomic E-state index is 0.0946. The van der Waals surface area contributed by atoms with Crippen molar-refractivity contribution in [2.45, 2.75) is 84.5 Å². The molecular weight excluding hydrogens is 280 g/mol. The zero-order valence-electron chi connectivity index (χ0n) is 15.3. The monoisotopic (exact) mass is 314 g/mol. The lowest BCUT2D eigenvalue weighted by Gasteiger charge is -2.12. The largest absolute Gasteiger partial charge is 0.295 e. The highest BCUT2D eigenvalue weighted by Crippen LogP contribution is 2.23. The van der Waals surface area contributed by atoms with E-state index in [1.165, 1.54) is 63.4 Å². The van der Waals surface area contributed by atoms with Gasteiger partial charge in [0.15, 0.2) is 5.78 Å². The molecule has 0 bridgehead atoms. The van der Waals surface area contributed by atoms with Gasteiger partial charge in [0.1, 0.15) is 0 Å². The van der Waals surface area contributed by atoms with Crippen LogP contribution in [0.3, 0.4) is 0 Å². The number of carbonyl (C=O) groups is 1. The zero-order chi connectivity index (χ0) is 16.9. The van der Waals surface area contributed by atoms with Gasteiger partial charge in [0, 0.05) is 0 Å². The molecule has 1 unspecified atom stereocenters. The van der Waals surface area contributed by atoms with Crippen LogP contribution in [-0.2, 0) is 4.79 Å². The maximum atomic E-state index is 11.0. The highest BCUT2D eigenvalue weighted by Gasteiger charge is 2.05. The Kier molecular flexibility index (Phi) is 10.4. The molecular formula is C22H34O. The Morgan fingerprint density at radius 2 is 1.52 bits per heavy atom. The summed E-state index contributed by atoms with van der Waals surface area (Å²) >= 11 is 0. The molecule has 128 valence electrons. The van der Waals surface area contributed by atoms with Crippen molar-refractivity contribution in [2.75, 3.05) is 0 Å². The number of benzene rings is 1. The van der Waals surface area contributed by atoms with E-state index >= 15 is 0 Å². The van der Waals surface area contributed by atoms with Gasteiger partial charge in [-0.25, -0.2) is 0 Å². The Bertz CT molecular complexity index is 455. The Morgan fingerprint density at radius 1 is 0.957 bits per heavy atom. The second kappa shape index (κ2) is 12.1. The van der Waals surface area contributed by atoms with Crippen molar-refractivity contribution >= 4 is 11.9 Å². The van der Waals surface area contributed by atoms with Gasteiger partial charge < -0.3 is 0 Å². The van der Waals surface area contributed by atoms with Crippen molar-refractivity contribution < 1.29 is 4.79 Å². The molecule has 0 saturated carbocycles. The number of rotatable bonds is 12. The number of unbranched alkanes of at least 4 members (excludes halogenated alkanes) is 7. The first-order valence-electron chi connectivity index (χ1n) is 9.42. The van der Waals surface area contributed by atoms with Gasteiger partial charge in [-0.1, -0.05) is 95.6 Å². The van der Waals surface area contributed by atoms with Gasteiger partial charge in [-0.05, 0) is 36.5 Å². The molecule has 0 aliphatic rings. The maximum Gasteiger partial charge on any atom is 0.152 e. The van der Waals surface area contributed by atoms with E-state index in [0.717, 1.165) is 5.56 Å². The van der Waals surface area contributed by atoms with E-state index in [1.54, 1.807) is 13.0 Å². The fourth-order valence-corrected chi connectivity index (χ4v) is 2.90. The van der Waals surface area contributed by atoms with Gasteiger partial charge >= 0.3 is 0 Å². The first-order valence-corrected chi connectivity index (χ1v) is 9.42. The molecule has 0 fully saturated rings. The normalized spacial score (nSPS) is 12.7. The molecule has 23 heavy (non-hydrogen) atoms. The van der Waals surface area contributed by atoms with Crippen molar-refractivity contribution in [2.24, 2.45) is 0 Å². The Balaban J connectivity index is 2.21. The van der Waals surface area contributed by atoms with Crippen molar-refractivity contribution in [1.82, 2.24) is 0 Å². The Labute approximate surface area is 143 Å². The zero-order valence-corrected chi connectivity index (χ0v) is 15.3. The molecule has 1 heteroatoms. The van der Waals surface area contributed by atoms with E-state index < -0.39 is 0 Å². The topological polar surface area (TPSA) is 17.1 Å². The van der Waals surface area contributed by atoms with Crippen LogP contribution in [0.4, 0.5) is 0 Å². The van der Waals surface area contributed by atoms with Crippen molar-refractivity contribution in [3.05, 3.63) is 41.5 Å². The van der Waals surface area contributed by atoms with Gasteiger partial charge in [0.25, 0.3) is 0 Å². The highest BCUT2D eigenvalue weighted by molar-refractivity contribution is 5.91. The second-order valence-corrected chi connectivity index (χ2v) is 6.78. The molecule has 0 aromatic heterocycles. The minimum absolute atomic E-state index is 0.0946. The summed E-state index contributed by atoms with van der Waals surface area (Å²) in [6, 6.07) is 8.63. The standard InChI is InChI=1S/C22H34O/c1-4-5-6-7-8-9-10-11-12-19(2)22-17-15-21(16-18-22)14-13-20(3)23/h13-19H,4-12H2,1-3H3/b14-13+. The molecule has 0 N–H and O–H groups in total. The lowest BCUT2D eigenvalue weighted by atomic mass is 9.94.